The molecule has 3 nitrogen and oxygen atoms in total. The van der Waals surface area contributed by atoms with Crippen LogP contribution in [0.1, 0.15) is 46.9 Å². The SMILES string of the molecule is Cc1ccccc1C(NC(=O)c1ccc(CN)cc1)C(C)C. The van der Waals surface area contributed by atoms with E-state index in [1.807, 2.05) is 36.4 Å². The van der Waals surface area contributed by atoms with E-state index < -0.39 is 0 Å². The second kappa shape index (κ2) is 7.23. The zero-order valence-corrected chi connectivity index (χ0v) is 13.5. The van der Waals surface area contributed by atoms with Crippen LogP contribution in [0.3, 0.4) is 0 Å². The van der Waals surface area contributed by atoms with Crippen LogP contribution in [0.2, 0.25) is 0 Å². The Morgan fingerprint density at radius 1 is 1.09 bits per heavy atom. The van der Waals surface area contributed by atoms with Gasteiger partial charge in [0, 0.05) is 12.1 Å². The summed E-state index contributed by atoms with van der Waals surface area (Å²) in [6, 6.07) is 15.6. The fourth-order valence-corrected chi connectivity index (χ4v) is 2.56. The van der Waals surface area contributed by atoms with Crippen molar-refractivity contribution in [3.05, 3.63) is 70.8 Å². The highest BCUT2D eigenvalue weighted by Gasteiger charge is 2.20. The van der Waals surface area contributed by atoms with Gasteiger partial charge in [-0.3, -0.25) is 4.79 Å². The van der Waals surface area contributed by atoms with Crippen molar-refractivity contribution in [2.45, 2.75) is 33.4 Å². The summed E-state index contributed by atoms with van der Waals surface area (Å²) in [5.41, 5.74) is 9.64. The fourth-order valence-electron chi connectivity index (χ4n) is 2.56. The molecule has 1 atom stereocenters. The van der Waals surface area contributed by atoms with Gasteiger partial charge in [-0.1, -0.05) is 50.2 Å². The maximum Gasteiger partial charge on any atom is 0.251 e. The van der Waals surface area contributed by atoms with Crippen molar-refractivity contribution in [1.29, 1.82) is 0 Å². The van der Waals surface area contributed by atoms with Crippen LogP contribution >= 0.6 is 0 Å². The van der Waals surface area contributed by atoms with Crippen molar-refractivity contribution in [3.63, 3.8) is 0 Å². The number of carbonyl (C=O) groups excluding carboxylic acids is 1. The Kier molecular flexibility index (Phi) is 5.34. The first-order valence-electron chi connectivity index (χ1n) is 7.68. The number of hydrogen-bond donors (Lipinski definition) is 2. The smallest absolute Gasteiger partial charge is 0.251 e. The molecule has 2 rings (SSSR count). The molecule has 0 saturated heterocycles. The van der Waals surface area contributed by atoms with Crippen LogP contribution in [0.25, 0.3) is 0 Å². The molecule has 0 aliphatic carbocycles. The molecule has 0 aliphatic heterocycles. The Balaban J connectivity index is 2.20. The highest BCUT2D eigenvalue weighted by Crippen LogP contribution is 2.25. The number of rotatable bonds is 5. The molecule has 0 spiro atoms. The summed E-state index contributed by atoms with van der Waals surface area (Å²) in [6.45, 7) is 6.80. The molecule has 3 N–H and O–H groups in total. The van der Waals surface area contributed by atoms with Gasteiger partial charge in [0.2, 0.25) is 0 Å². The van der Waals surface area contributed by atoms with Gasteiger partial charge in [-0.05, 0) is 41.7 Å². The maximum absolute atomic E-state index is 12.5. The van der Waals surface area contributed by atoms with Crippen molar-refractivity contribution in [2.24, 2.45) is 11.7 Å². The van der Waals surface area contributed by atoms with E-state index in [1.54, 1.807) is 0 Å². The summed E-state index contributed by atoms with van der Waals surface area (Å²) >= 11 is 0. The first-order chi connectivity index (χ1) is 10.5. The average molecular weight is 296 g/mol. The van der Waals surface area contributed by atoms with E-state index in [0.29, 0.717) is 18.0 Å². The number of nitrogens with two attached hydrogens (primary N) is 1. The summed E-state index contributed by atoms with van der Waals surface area (Å²) in [7, 11) is 0. The lowest BCUT2D eigenvalue weighted by Crippen LogP contribution is -2.32. The Bertz CT molecular complexity index is 632. The van der Waals surface area contributed by atoms with Crippen LogP contribution in [-0.4, -0.2) is 5.91 Å². The second-order valence-corrected chi connectivity index (χ2v) is 5.95. The summed E-state index contributed by atoms with van der Waals surface area (Å²) in [4.78, 5) is 12.5. The number of amides is 1. The Labute approximate surface area is 132 Å². The van der Waals surface area contributed by atoms with Crippen molar-refractivity contribution < 1.29 is 4.79 Å². The molecule has 0 heterocycles. The number of nitrogens with one attached hydrogen (secondary N) is 1. The van der Waals surface area contributed by atoms with Gasteiger partial charge in [0.1, 0.15) is 0 Å². The van der Waals surface area contributed by atoms with Crippen LogP contribution in [0, 0.1) is 12.8 Å². The first-order valence-corrected chi connectivity index (χ1v) is 7.68. The minimum absolute atomic E-state index is 0.00267. The zero-order valence-electron chi connectivity index (χ0n) is 13.5. The van der Waals surface area contributed by atoms with Gasteiger partial charge in [-0.2, -0.15) is 0 Å². The van der Waals surface area contributed by atoms with E-state index in [0.717, 1.165) is 5.56 Å². The van der Waals surface area contributed by atoms with Crippen molar-refractivity contribution in [1.82, 2.24) is 5.32 Å². The van der Waals surface area contributed by atoms with E-state index in [1.165, 1.54) is 11.1 Å². The molecule has 0 aliphatic rings. The predicted molar refractivity (Wildman–Crippen MR) is 90.6 cm³/mol. The van der Waals surface area contributed by atoms with Crippen LogP contribution < -0.4 is 11.1 Å². The standard InChI is InChI=1S/C19H24N2O/c1-13(2)18(17-7-5-4-6-14(17)3)21-19(22)16-10-8-15(12-20)9-11-16/h4-11,13,18H,12,20H2,1-3H3,(H,21,22). The molecule has 2 aromatic rings. The second-order valence-electron chi connectivity index (χ2n) is 5.95. The summed E-state index contributed by atoms with van der Waals surface area (Å²) < 4.78 is 0. The lowest BCUT2D eigenvalue weighted by Gasteiger charge is -2.24. The third kappa shape index (κ3) is 3.74. The molecule has 0 bridgehead atoms. The van der Waals surface area contributed by atoms with E-state index in [2.05, 4.69) is 38.2 Å². The molecule has 1 amide bonds. The van der Waals surface area contributed by atoms with Gasteiger partial charge in [0.15, 0.2) is 0 Å². The first kappa shape index (κ1) is 16.2. The topological polar surface area (TPSA) is 55.1 Å². The van der Waals surface area contributed by atoms with Gasteiger partial charge < -0.3 is 11.1 Å². The fraction of sp³-hybridized carbons (Fsp3) is 0.316. The number of benzene rings is 2. The van der Waals surface area contributed by atoms with E-state index >= 15 is 0 Å². The minimum atomic E-state index is -0.0504. The average Bonchev–Trinajstić information content (AvgIpc) is 2.53. The van der Waals surface area contributed by atoms with Crippen LogP contribution in [-0.2, 0) is 6.54 Å². The lowest BCUT2D eigenvalue weighted by molar-refractivity contribution is 0.0925. The Morgan fingerprint density at radius 2 is 1.73 bits per heavy atom. The van der Waals surface area contributed by atoms with Crippen LogP contribution in [0.15, 0.2) is 48.5 Å². The summed E-state index contributed by atoms with van der Waals surface area (Å²) in [6.07, 6.45) is 0. The molecule has 0 fully saturated rings. The molecule has 3 heteroatoms. The largest absolute Gasteiger partial charge is 0.345 e. The highest BCUT2D eigenvalue weighted by molar-refractivity contribution is 5.94. The van der Waals surface area contributed by atoms with Crippen molar-refractivity contribution in [2.75, 3.05) is 0 Å². The Morgan fingerprint density at radius 3 is 2.27 bits per heavy atom. The van der Waals surface area contributed by atoms with Crippen molar-refractivity contribution >= 4 is 5.91 Å². The van der Waals surface area contributed by atoms with Gasteiger partial charge in [-0.15, -0.1) is 0 Å². The zero-order chi connectivity index (χ0) is 16.1. The molecule has 2 aromatic carbocycles. The highest BCUT2D eigenvalue weighted by atomic mass is 16.1. The van der Waals surface area contributed by atoms with E-state index in [9.17, 15) is 4.79 Å². The summed E-state index contributed by atoms with van der Waals surface area (Å²) in [5, 5.41) is 3.16. The third-order valence-corrected chi connectivity index (χ3v) is 3.93. The number of hydrogen-bond acceptors (Lipinski definition) is 2. The van der Waals surface area contributed by atoms with E-state index in [4.69, 9.17) is 5.73 Å². The van der Waals surface area contributed by atoms with E-state index in [-0.39, 0.29) is 11.9 Å². The van der Waals surface area contributed by atoms with Gasteiger partial charge in [0.25, 0.3) is 5.91 Å². The van der Waals surface area contributed by atoms with Crippen molar-refractivity contribution in [3.8, 4) is 0 Å². The van der Waals surface area contributed by atoms with Gasteiger partial charge in [0.05, 0.1) is 6.04 Å². The lowest BCUT2D eigenvalue weighted by atomic mass is 9.92. The maximum atomic E-state index is 12.5. The minimum Gasteiger partial charge on any atom is -0.345 e. The Hall–Kier alpha value is -2.13. The van der Waals surface area contributed by atoms with Gasteiger partial charge >= 0.3 is 0 Å². The predicted octanol–water partition coefficient (Wildman–Crippen LogP) is 3.58. The van der Waals surface area contributed by atoms with Crippen LogP contribution in [0.5, 0.6) is 0 Å². The third-order valence-electron chi connectivity index (χ3n) is 3.93. The van der Waals surface area contributed by atoms with Crippen LogP contribution in [0.4, 0.5) is 0 Å². The molecule has 0 saturated carbocycles. The van der Waals surface area contributed by atoms with Gasteiger partial charge in [-0.25, -0.2) is 0 Å². The monoisotopic (exact) mass is 296 g/mol. The molecule has 0 aromatic heterocycles. The normalized spacial score (nSPS) is 12.2. The quantitative estimate of drug-likeness (QED) is 0.886. The number of aryl methyl sites for hydroxylation is 1. The molecule has 1 unspecified atom stereocenters. The molecule has 0 radical (unpaired) electrons. The summed E-state index contributed by atoms with van der Waals surface area (Å²) in [5.74, 6) is 0.263. The molecular formula is C19H24N2O. The molecule has 22 heavy (non-hydrogen) atoms. The number of carbonyl (C=O) groups is 1. The molecular weight excluding hydrogens is 272 g/mol. The molecule has 116 valence electrons.